The zero-order chi connectivity index (χ0) is 7.28. The van der Waals surface area contributed by atoms with Crippen LogP contribution >= 0.6 is 0 Å². The van der Waals surface area contributed by atoms with Crippen LogP contribution in [0.3, 0.4) is 0 Å². The second-order valence-electron chi connectivity index (χ2n) is 2.81. The van der Waals surface area contributed by atoms with E-state index in [-0.39, 0.29) is 0 Å². The molecule has 2 heteroatoms. The Bertz CT molecular complexity index is 86.9. The number of nitrogens with one attached hydrogen (secondary N) is 1. The van der Waals surface area contributed by atoms with Crippen LogP contribution in [0.25, 0.3) is 0 Å². The van der Waals surface area contributed by atoms with Gasteiger partial charge in [-0.15, -0.1) is 0 Å². The van der Waals surface area contributed by atoms with Gasteiger partial charge in [-0.3, -0.25) is 5.41 Å². The van der Waals surface area contributed by atoms with E-state index in [0.29, 0.717) is 5.84 Å². The first-order chi connectivity index (χ1) is 4.13. The summed E-state index contributed by atoms with van der Waals surface area (Å²) < 4.78 is 0. The highest BCUT2D eigenvalue weighted by molar-refractivity contribution is 5.76. The Balaban J connectivity index is 3.01. The van der Waals surface area contributed by atoms with E-state index in [1.54, 1.807) is 0 Å². The monoisotopic (exact) mass is 128 g/mol. The number of nitrogens with two attached hydrogens (primary N) is 1. The minimum absolute atomic E-state index is 0.315. The van der Waals surface area contributed by atoms with Crippen molar-refractivity contribution in [2.45, 2.75) is 33.1 Å². The van der Waals surface area contributed by atoms with Crippen molar-refractivity contribution in [2.75, 3.05) is 0 Å². The standard InChI is InChI=1S/C7H16N2/c1-6(2)4-3-5-7(8)9/h6H,3-5H2,1-2H3,(H3,8,9). The van der Waals surface area contributed by atoms with E-state index in [0.717, 1.165) is 18.8 Å². The molecule has 0 unspecified atom stereocenters. The largest absolute Gasteiger partial charge is 0.388 e. The lowest BCUT2D eigenvalue weighted by molar-refractivity contribution is 0.564. The van der Waals surface area contributed by atoms with Crippen LogP contribution in [0.4, 0.5) is 0 Å². The van der Waals surface area contributed by atoms with E-state index < -0.39 is 0 Å². The second-order valence-corrected chi connectivity index (χ2v) is 2.81. The summed E-state index contributed by atoms with van der Waals surface area (Å²) in [5, 5.41) is 6.92. The van der Waals surface area contributed by atoms with Crippen molar-refractivity contribution < 1.29 is 0 Å². The van der Waals surface area contributed by atoms with Crippen molar-refractivity contribution in [3.05, 3.63) is 0 Å². The number of amidine groups is 1. The SMILES string of the molecule is CC(C)CCCC(=N)N. The van der Waals surface area contributed by atoms with Crippen LogP contribution in [-0.4, -0.2) is 5.84 Å². The van der Waals surface area contributed by atoms with Crippen LogP contribution < -0.4 is 5.73 Å². The molecule has 9 heavy (non-hydrogen) atoms. The van der Waals surface area contributed by atoms with Gasteiger partial charge in [-0.05, 0) is 12.3 Å². The van der Waals surface area contributed by atoms with Crippen LogP contribution in [0.2, 0.25) is 0 Å². The lowest BCUT2D eigenvalue weighted by atomic mass is 10.1. The maximum Gasteiger partial charge on any atom is 0.0905 e. The number of hydrogen-bond donors (Lipinski definition) is 2. The third-order valence-corrected chi connectivity index (χ3v) is 1.23. The molecule has 0 saturated carbocycles. The van der Waals surface area contributed by atoms with E-state index in [1.165, 1.54) is 6.42 Å². The molecular weight excluding hydrogens is 112 g/mol. The molecule has 3 N–H and O–H groups in total. The molecule has 0 aliphatic carbocycles. The third kappa shape index (κ3) is 7.47. The molecule has 0 aromatic heterocycles. The van der Waals surface area contributed by atoms with E-state index >= 15 is 0 Å². The van der Waals surface area contributed by atoms with Gasteiger partial charge < -0.3 is 5.73 Å². The summed E-state index contributed by atoms with van der Waals surface area (Å²) >= 11 is 0. The van der Waals surface area contributed by atoms with Crippen molar-refractivity contribution in [2.24, 2.45) is 11.7 Å². The number of rotatable bonds is 4. The van der Waals surface area contributed by atoms with Crippen molar-refractivity contribution in [3.8, 4) is 0 Å². The molecule has 0 aromatic rings. The van der Waals surface area contributed by atoms with Crippen molar-refractivity contribution in [1.82, 2.24) is 0 Å². The molecule has 0 aliphatic rings. The summed E-state index contributed by atoms with van der Waals surface area (Å²) in [6, 6.07) is 0. The van der Waals surface area contributed by atoms with Gasteiger partial charge in [0.15, 0.2) is 0 Å². The molecule has 0 rings (SSSR count). The summed E-state index contributed by atoms with van der Waals surface area (Å²) in [6.45, 7) is 4.36. The van der Waals surface area contributed by atoms with Gasteiger partial charge >= 0.3 is 0 Å². The van der Waals surface area contributed by atoms with Gasteiger partial charge in [0, 0.05) is 6.42 Å². The number of hydrogen-bond acceptors (Lipinski definition) is 1. The maximum absolute atomic E-state index is 6.92. The molecule has 0 spiro atoms. The van der Waals surface area contributed by atoms with Crippen LogP contribution in [0, 0.1) is 11.3 Å². The van der Waals surface area contributed by atoms with Crippen molar-refractivity contribution in [3.63, 3.8) is 0 Å². The van der Waals surface area contributed by atoms with Crippen LogP contribution in [0.5, 0.6) is 0 Å². The minimum atomic E-state index is 0.315. The molecule has 0 radical (unpaired) electrons. The fourth-order valence-electron chi connectivity index (χ4n) is 0.701. The molecular formula is C7H16N2. The maximum atomic E-state index is 6.92. The Labute approximate surface area is 57.0 Å². The molecule has 0 saturated heterocycles. The Kier molecular flexibility index (Phi) is 4.10. The topological polar surface area (TPSA) is 49.9 Å². The van der Waals surface area contributed by atoms with Gasteiger partial charge in [0.25, 0.3) is 0 Å². The van der Waals surface area contributed by atoms with E-state index in [4.69, 9.17) is 11.1 Å². The Morgan fingerprint density at radius 1 is 1.56 bits per heavy atom. The van der Waals surface area contributed by atoms with Crippen molar-refractivity contribution >= 4 is 5.84 Å². The van der Waals surface area contributed by atoms with Gasteiger partial charge in [0.2, 0.25) is 0 Å². The fourth-order valence-corrected chi connectivity index (χ4v) is 0.701. The second kappa shape index (κ2) is 4.36. The minimum Gasteiger partial charge on any atom is -0.388 e. The average Bonchev–Trinajstić information content (AvgIpc) is 1.63. The fraction of sp³-hybridized carbons (Fsp3) is 0.857. The summed E-state index contributed by atoms with van der Waals surface area (Å²) in [7, 11) is 0. The summed E-state index contributed by atoms with van der Waals surface area (Å²) in [5.41, 5.74) is 5.16. The van der Waals surface area contributed by atoms with E-state index in [9.17, 15) is 0 Å². The molecule has 0 heterocycles. The molecule has 0 amide bonds. The zero-order valence-corrected chi connectivity index (χ0v) is 6.28. The van der Waals surface area contributed by atoms with E-state index in [1.807, 2.05) is 0 Å². The Hall–Kier alpha value is -0.530. The predicted molar refractivity (Wildman–Crippen MR) is 40.6 cm³/mol. The molecule has 0 fully saturated rings. The first-order valence-electron chi connectivity index (χ1n) is 3.46. The lowest BCUT2D eigenvalue weighted by Gasteiger charge is -2.01. The molecule has 0 aliphatic heterocycles. The molecule has 2 nitrogen and oxygen atoms in total. The summed E-state index contributed by atoms with van der Waals surface area (Å²) in [4.78, 5) is 0. The summed E-state index contributed by atoms with van der Waals surface area (Å²) in [6.07, 6.45) is 3.00. The predicted octanol–water partition coefficient (Wildman–Crippen LogP) is 1.75. The molecule has 0 atom stereocenters. The van der Waals surface area contributed by atoms with Crippen LogP contribution in [0.1, 0.15) is 33.1 Å². The van der Waals surface area contributed by atoms with E-state index in [2.05, 4.69) is 13.8 Å². The highest BCUT2D eigenvalue weighted by Crippen LogP contribution is 2.04. The Morgan fingerprint density at radius 2 is 2.11 bits per heavy atom. The first-order valence-corrected chi connectivity index (χ1v) is 3.46. The quantitative estimate of drug-likeness (QED) is 0.440. The van der Waals surface area contributed by atoms with Gasteiger partial charge in [-0.25, -0.2) is 0 Å². The smallest absolute Gasteiger partial charge is 0.0905 e. The first kappa shape index (κ1) is 8.47. The highest BCUT2D eigenvalue weighted by Gasteiger charge is 1.93. The van der Waals surface area contributed by atoms with Gasteiger partial charge in [-0.1, -0.05) is 20.3 Å². The average molecular weight is 128 g/mol. The summed E-state index contributed by atoms with van der Waals surface area (Å²) in [5.74, 6) is 1.06. The van der Waals surface area contributed by atoms with Crippen molar-refractivity contribution in [1.29, 1.82) is 5.41 Å². The van der Waals surface area contributed by atoms with Crippen LogP contribution in [-0.2, 0) is 0 Å². The Morgan fingerprint density at radius 3 is 2.44 bits per heavy atom. The van der Waals surface area contributed by atoms with Gasteiger partial charge in [0.05, 0.1) is 5.84 Å². The lowest BCUT2D eigenvalue weighted by Crippen LogP contribution is -2.08. The molecule has 0 aromatic carbocycles. The van der Waals surface area contributed by atoms with Crippen LogP contribution in [0.15, 0.2) is 0 Å². The van der Waals surface area contributed by atoms with Gasteiger partial charge in [-0.2, -0.15) is 0 Å². The zero-order valence-electron chi connectivity index (χ0n) is 6.28. The molecule has 0 bridgehead atoms. The highest BCUT2D eigenvalue weighted by atomic mass is 14.7. The third-order valence-electron chi connectivity index (χ3n) is 1.23. The van der Waals surface area contributed by atoms with Gasteiger partial charge in [0.1, 0.15) is 0 Å². The normalized spacial score (nSPS) is 10.1. The molecule has 54 valence electrons.